The molecule has 0 saturated carbocycles. The van der Waals surface area contributed by atoms with Crippen molar-refractivity contribution in [3.05, 3.63) is 52.5 Å². The number of hydrogen-bond acceptors (Lipinski definition) is 4. The van der Waals surface area contributed by atoms with Crippen LogP contribution in [0.3, 0.4) is 0 Å². The average Bonchev–Trinajstić information content (AvgIpc) is 3.10. The van der Waals surface area contributed by atoms with Gasteiger partial charge in [0.05, 0.1) is 5.69 Å². The van der Waals surface area contributed by atoms with E-state index in [2.05, 4.69) is 33.5 Å². The van der Waals surface area contributed by atoms with Crippen molar-refractivity contribution in [3.63, 3.8) is 0 Å². The average molecular weight is 329 g/mol. The van der Waals surface area contributed by atoms with Gasteiger partial charge in [-0.1, -0.05) is 12.1 Å². The van der Waals surface area contributed by atoms with E-state index in [-0.39, 0.29) is 0 Å². The minimum atomic E-state index is 0.305. The van der Waals surface area contributed by atoms with E-state index >= 15 is 0 Å². The van der Waals surface area contributed by atoms with Crippen molar-refractivity contribution in [2.24, 2.45) is 0 Å². The Morgan fingerprint density at radius 1 is 1.13 bits per heavy atom. The highest BCUT2D eigenvalue weighted by molar-refractivity contribution is 7.09. The summed E-state index contributed by atoms with van der Waals surface area (Å²) >= 11 is 1.77. The molecule has 1 amide bonds. The maximum Gasteiger partial charge on any atom is 0.222 e. The maximum absolute atomic E-state index is 12.3. The van der Waals surface area contributed by atoms with E-state index in [1.165, 1.54) is 4.88 Å². The predicted octanol–water partition coefficient (Wildman–Crippen LogP) is 2.81. The summed E-state index contributed by atoms with van der Waals surface area (Å²) in [5.74, 6) is 0.305. The number of thiophene rings is 1. The van der Waals surface area contributed by atoms with Crippen molar-refractivity contribution in [1.82, 2.24) is 14.8 Å². The van der Waals surface area contributed by atoms with Crippen molar-refractivity contribution < 1.29 is 4.79 Å². The van der Waals surface area contributed by atoms with E-state index in [0.717, 1.165) is 51.3 Å². The summed E-state index contributed by atoms with van der Waals surface area (Å²) in [4.78, 5) is 22.4. The standard InChI is InChI=1S/C18H23N3OS/c22-18(8-3-6-17-7-4-14-23-17)21-12-10-20(11-13-21)15-16-5-1-2-9-19-16/h1-2,4-5,7,9,14H,3,6,8,10-13,15H2. The van der Waals surface area contributed by atoms with Crippen LogP contribution in [0.25, 0.3) is 0 Å². The molecule has 0 N–H and O–H groups in total. The van der Waals surface area contributed by atoms with Crippen LogP contribution in [0, 0.1) is 0 Å². The quantitative estimate of drug-likeness (QED) is 0.818. The van der Waals surface area contributed by atoms with Gasteiger partial charge in [0, 0.05) is 50.2 Å². The first-order chi connectivity index (χ1) is 11.3. The van der Waals surface area contributed by atoms with Crippen LogP contribution in [0.2, 0.25) is 0 Å². The number of aromatic nitrogens is 1. The minimum absolute atomic E-state index is 0.305. The van der Waals surface area contributed by atoms with Crippen LogP contribution in [-0.4, -0.2) is 46.9 Å². The van der Waals surface area contributed by atoms with Crippen molar-refractivity contribution >= 4 is 17.2 Å². The van der Waals surface area contributed by atoms with E-state index < -0.39 is 0 Å². The Hall–Kier alpha value is -1.72. The molecular formula is C18H23N3OS. The Bertz CT molecular complexity index is 592. The molecule has 0 aliphatic carbocycles. The van der Waals surface area contributed by atoms with E-state index in [4.69, 9.17) is 0 Å². The Morgan fingerprint density at radius 3 is 2.70 bits per heavy atom. The summed E-state index contributed by atoms with van der Waals surface area (Å²) < 4.78 is 0. The lowest BCUT2D eigenvalue weighted by Gasteiger charge is -2.34. The molecule has 0 unspecified atom stereocenters. The largest absolute Gasteiger partial charge is 0.340 e. The molecule has 1 aliphatic heterocycles. The molecule has 0 spiro atoms. The van der Waals surface area contributed by atoms with Gasteiger partial charge in [-0.05, 0) is 36.4 Å². The molecule has 1 fully saturated rings. The zero-order valence-electron chi connectivity index (χ0n) is 13.4. The number of hydrogen-bond donors (Lipinski definition) is 0. The lowest BCUT2D eigenvalue weighted by molar-refractivity contribution is -0.133. The lowest BCUT2D eigenvalue weighted by Crippen LogP contribution is -2.48. The predicted molar refractivity (Wildman–Crippen MR) is 93.4 cm³/mol. The smallest absolute Gasteiger partial charge is 0.222 e. The summed E-state index contributed by atoms with van der Waals surface area (Å²) in [6.45, 7) is 4.43. The third-order valence-corrected chi connectivity index (χ3v) is 5.17. The fourth-order valence-corrected chi connectivity index (χ4v) is 3.65. The highest BCUT2D eigenvalue weighted by Gasteiger charge is 2.20. The number of amides is 1. The van der Waals surface area contributed by atoms with Crippen LogP contribution < -0.4 is 0 Å². The number of nitrogens with zero attached hydrogens (tertiary/aromatic N) is 3. The summed E-state index contributed by atoms with van der Waals surface area (Å²) in [6.07, 6.45) is 4.47. The third kappa shape index (κ3) is 4.88. The first-order valence-electron chi connectivity index (χ1n) is 8.24. The van der Waals surface area contributed by atoms with Crippen molar-refractivity contribution in [2.45, 2.75) is 25.8 Å². The van der Waals surface area contributed by atoms with Crippen LogP contribution in [0.4, 0.5) is 0 Å². The van der Waals surface area contributed by atoms with Gasteiger partial charge < -0.3 is 4.90 Å². The Kier molecular flexibility index (Phi) is 5.77. The van der Waals surface area contributed by atoms with Gasteiger partial charge in [-0.25, -0.2) is 0 Å². The van der Waals surface area contributed by atoms with Gasteiger partial charge in [-0.3, -0.25) is 14.7 Å². The number of aryl methyl sites for hydroxylation is 1. The van der Waals surface area contributed by atoms with Gasteiger partial charge in [-0.2, -0.15) is 0 Å². The molecule has 122 valence electrons. The second kappa shape index (κ2) is 8.22. The van der Waals surface area contributed by atoms with Gasteiger partial charge in [0.1, 0.15) is 0 Å². The van der Waals surface area contributed by atoms with Crippen LogP contribution in [-0.2, 0) is 17.8 Å². The molecule has 0 atom stereocenters. The number of carbonyl (C=O) groups excluding carboxylic acids is 1. The van der Waals surface area contributed by atoms with Crippen LogP contribution >= 0.6 is 11.3 Å². The molecular weight excluding hydrogens is 306 g/mol. The van der Waals surface area contributed by atoms with Crippen molar-refractivity contribution in [3.8, 4) is 0 Å². The Labute approximate surface area is 141 Å². The second-order valence-electron chi connectivity index (χ2n) is 5.91. The monoisotopic (exact) mass is 329 g/mol. The molecule has 5 heteroatoms. The van der Waals surface area contributed by atoms with Crippen molar-refractivity contribution in [2.75, 3.05) is 26.2 Å². The summed E-state index contributed by atoms with van der Waals surface area (Å²) in [5, 5.41) is 2.10. The van der Waals surface area contributed by atoms with Crippen LogP contribution in [0.15, 0.2) is 41.9 Å². The Balaban J connectivity index is 1.37. The third-order valence-electron chi connectivity index (χ3n) is 4.23. The molecule has 23 heavy (non-hydrogen) atoms. The first-order valence-corrected chi connectivity index (χ1v) is 9.11. The highest BCUT2D eigenvalue weighted by atomic mass is 32.1. The summed E-state index contributed by atoms with van der Waals surface area (Å²) in [6, 6.07) is 10.2. The molecule has 1 saturated heterocycles. The van der Waals surface area contributed by atoms with Gasteiger partial charge in [0.25, 0.3) is 0 Å². The summed E-state index contributed by atoms with van der Waals surface area (Å²) in [7, 11) is 0. The topological polar surface area (TPSA) is 36.4 Å². The van der Waals surface area contributed by atoms with Gasteiger partial charge in [0.15, 0.2) is 0 Å². The SMILES string of the molecule is O=C(CCCc1cccs1)N1CCN(Cc2ccccn2)CC1. The van der Waals surface area contributed by atoms with Gasteiger partial charge >= 0.3 is 0 Å². The highest BCUT2D eigenvalue weighted by Crippen LogP contribution is 2.13. The fourth-order valence-electron chi connectivity index (χ4n) is 2.90. The summed E-state index contributed by atoms with van der Waals surface area (Å²) in [5.41, 5.74) is 1.10. The van der Waals surface area contributed by atoms with E-state index in [0.29, 0.717) is 12.3 Å². The molecule has 0 aromatic carbocycles. The van der Waals surface area contributed by atoms with E-state index in [1.54, 1.807) is 11.3 Å². The van der Waals surface area contributed by atoms with Crippen LogP contribution in [0.5, 0.6) is 0 Å². The van der Waals surface area contributed by atoms with Crippen molar-refractivity contribution in [1.29, 1.82) is 0 Å². The van der Waals surface area contributed by atoms with Gasteiger partial charge in [-0.15, -0.1) is 11.3 Å². The maximum atomic E-state index is 12.3. The molecule has 2 aromatic heterocycles. The van der Waals surface area contributed by atoms with E-state index in [9.17, 15) is 4.79 Å². The van der Waals surface area contributed by atoms with Gasteiger partial charge in [0.2, 0.25) is 5.91 Å². The van der Waals surface area contributed by atoms with E-state index in [1.807, 2.05) is 23.2 Å². The zero-order valence-corrected chi connectivity index (χ0v) is 14.2. The molecule has 0 radical (unpaired) electrons. The molecule has 1 aliphatic rings. The number of rotatable bonds is 6. The molecule has 4 nitrogen and oxygen atoms in total. The molecule has 2 aromatic rings. The Morgan fingerprint density at radius 2 is 2.00 bits per heavy atom. The van der Waals surface area contributed by atoms with Crippen LogP contribution in [0.1, 0.15) is 23.4 Å². The normalized spacial score (nSPS) is 15.7. The zero-order chi connectivity index (χ0) is 15.9. The number of piperazine rings is 1. The molecule has 3 heterocycles. The molecule has 0 bridgehead atoms. The number of carbonyl (C=O) groups is 1. The lowest BCUT2D eigenvalue weighted by atomic mass is 10.2. The minimum Gasteiger partial charge on any atom is -0.340 e. The second-order valence-corrected chi connectivity index (χ2v) is 6.94. The first kappa shape index (κ1) is 16.1. The fraction of sp³-hybridized carbons (Fsp3) is 0.444. The number of pyridine rings is 1. The molecule has 3 rings (SSSR count).